The molecule has 1 N–H and O–H groups in total. The first-order chi connectivity index (χ1) is 3.18. The summed E-state index contributed by atoms with van der Waals surface area (Å²) in [6.45, 7) is 7.84. The number of quaternary nitrogens is 1. The number of hydrogen-bond acceptors (Lipinski definition) is 1. The summed E-state index contributed by atoms with van der Waals surface area (Å²) >= 11 is 0. The van der Waals surface area contributed by atoms with Crippen LogP contribution in [0.3, 0.4) is 0 Å². The fourth-order valence-electron chi connectivity index (χ4n) is 0.348. The molecular weight excluding hydrogens is 328 g/mol. The average molecular weight is 340 g/mol. The van der Waals surface area contributed by atoms with Crippen molar-refractivity contribution in [3.63, 3.8) is 0 Å². The second-order valence-electron chi connectivity index (χ2n) is 1.72. The third kappa shape index (κ3) is 5.12. The Hall–Kier alpha value is 0.972. The summed E-state index contributed by atoms with van der Waals surface area (Å²) in [5, 5.41) is 10.7. The van der Waals surface area contributed by atoms with E-state index in [1.165, 1.54) is 0 Å². The zero-order valence-corrected chi connectivity index (χ0v) is 9.56. The van der Waals surface area contributed by atoms with Crippen LogP contribution < -0.4 is 5.06 Å². The Balaban J connectivity index is 0. The quantitative estimate of drug-likeness (QED) is 0.538. The normalized spacial score (nSPS) is 16.5. The molecule has 8 heavy (non-hydrogen) atoms. The fraction of sp³-hybridized carbons (Fsp3) is 0.800. The van der Waals surface area contributed by atoms with Crippen LogP contribution in [-0.2, 0) is 0 Å². The summed E-state index contributed by atoms with van der Waals surface area (Å²) in [7, 11) is 0. The summed E-state index contributed by atoms with van der Waals surface area (Å²) in [5.41, 5.74) is 0. The summed E-state index contributed by atoms with van der Waals surface area (Å²) in [5.74, 6) is 0. The van der Waals surface area contributed by atoms with E-state index in [2.05, 4.69) is 6.92 Å². The van der Waals surface area contributed by atoms with E-state index in [0.29, 0.717) is 6.54 Å². The van der Waals surface area contributed by atoms with Crippen molar-refractivity contribution < 1.29 is 36.2 Å². The van der Waals surface area contributed by atoms with Crippen molar-refractivity contribution >= 4 is 0 Å². The second-order valence-corrected chi connectivity index (χ2v) is 1.72. The topological polar surface area (TPSA) is 27.5 Å². The van der Waals surface area contributed by atoms with E-state index in [4.69, 9.17) is 0 Å². The van der Waals surface area contributed by atoms with Gasteiger partial charge in [0, 0.05) is 31.1 Å². The fourth-order valence-corrected chi connectivity index (χ4v) is 0.348. The number of hydroxylamine groups is 2. The molecule has 0 aromatic carbocycles. The molecule has 0 radical (unpaired) electrons. The SMILES string of the molecule is [CH2-]C(C)[NH+]([O-])CC.[U]. The smallest absolute Gasteiger partial charge is 0.0721 e. The van der Waals surface area contributed by atoms with Crippen LogP contribution >= 0.6 is 0 Å². The van der Waals surface area contributed by atoms with Gasteiger partial charge in [0.1, 0.15) is 0 Å². The van der Waals surface area contributed by atoms with Gasteiger partial charge in [0.15, 0.2) is 0 Å². The molecule has 0 saturated heterocycles. The third-order valence-electron chi connectivity index (χ3n) is 0.898. The van der Waals surface area contributed by atoms with Crippen LogP contribution in [0.1, 0.15) is 13.8 Å². The van der Waals surface area contributed by atoms with Gasteiger partial charge >= 0.3 is 0 Å². The minimum atomic E-state index is -0.0231. The maximum Gasteiger partial charge on any atom is 0.0721 e. The maximum atomic E-state index is 10.4. The molecule has 0 aromatic rings. The predicted octanol–water partition coefficient (Wildman–Crippen LogP) is -0.388. The molecule has 0 aliphatic rings. The summed E-state index contributed by atoms with van der Waals surface area (Å²) in [4.78, 5) is 0. The molecule has 0 aromatic heterocycles. The van der Waals surface area contributed by atoms with Gasteiger partial charge in [-0.3, -0.25) is 6.92 Å². The van der Waals surface area contributed by atoms with Gasteiger partial charge in [-0.15, -0.1) is 0 Å². The first-order valence-corrected chi connectivity index (χ1v) is 2.54. The van der Waals surface area contributed by atoms with Gasteiger partial charge in [0.2, 0.25) is 0 Å². The number of nitrogens with one attached hydrogen (secondary N) is 1. The maximum absolute atomic E-state index is 10.4. The van der Waals surface area contributed by atoms with Crippen LogP contribution in [0.4, 0.5) is 0 Å². The summed E-state index contributed by atoms with van der Waals surface area (Å²) < 4.78 is 0. The molecule has 0 rings (SSSR count). The molecular formula is C5H12NOU-. The van der Waals surface area contributed by atoms with Crippen LogP contribution in [0.25, 0.3) is 0 Å². The largest absolute Gasteiger partial charge is 0.636 e. The van der Waals surface area contributed by atoms with E-state index >= 15 is 0 Å². The number of rotatable bonds is 2. The standard InChI is InChI=1S/C5H12NO.U/c1-4-6(7)5(2)3;/h5-6H,2,4H2,1,3H3;/q-1;. The molecule has 48 valence electrons. The van der Waals surface area contributed by atoms with Gasteiger partial charge in [-0.2, -0.15) is 0 Å². The zero-order valence-electron chi connectivity index (χ0n) is 5.40. The van der Waals surface area contributed by atoms with E-state index in [0.717, 1.165) is 0 Å². The first-order valence-electron chi connectivity index (χ1n) is 2.54. The Morgan fingerprint density at radius 3 is 2.12 bits per heavy atom. The van der Waals surface area contributed by atoms with Gasteiger partial charge in [-0.05, 0) is 19.9 Å². The Kier molecular flexibility index (Phi) is 8.94. The van der Waals surface area contributed by atoms with Gasteiger partial charge in [-0.1, -0.05) is 0 Å². The van der Waals surface area contributed by atoms with E-state index in [-0.39, 0.29) is 42.2 Å². The molecule has 0 saturated carbocycles. The molecule has 3 heteroatoms. The minimum Gasteiger partial charge on any atom is -0.636 e. The Morgan fingerprint density at radius 2 is 2.12 bits per heavy atom. The molecule has 2 atom stereocenters. The molecule has 0 aliphatic heterocycles. The van der Waals surface area contributed by atoms with Gasteiger partial charge in [0.05, 0.1) is 6.54 Å². The average Bonchev–Trinajstić information content (AvgIpc) is 1.65. The Labute approximate surface area is 74.6 Å². The van der Waals surface area contributed by atoms with E-state index in [1.54, 1.807) is 0 Å². The summed E-state index contributed by atoms with van der Waals surface area (Å²) in [6.07, 6.45) is 0. The van der Waals surface area contributed by atoms with Crippen molar-refractivity contribution in [1.29, 1.82) is 0 Å². The van der Waals surface area contributed by atoms with Crippen molar-refractivity contribution in [2.45, 2.75) is 19.9 Å². The van der Waals surface area contributed by atoms with Crippen molar-refractivity contribution in [3.8, 4) is 0 Å². The van der Waals surface area contributed by atoms with E-state index in [1.807, 2.05) is 13.8 Å². The van der Waals surface area contributed by atoms with Crippen molar-refractivity contribution in [1.82, 2.24) is 0 Å². The summed E-state index contributed by atoms with van der Waals surface area (Å²) in [6, 6.07) is -0.0231. The van der Waals surface area contributed by atoms with Crippen LogP contribution in [0, 0.1) is 43.2 Å². The van der Waals surface area contributed by atoms with Crippen LogP contribution in [0.15, 0.2) is 0 Å². The van der Waals surface area contributed by atoms with Gasteiger partial charge in [0.25, 0.3) is 0 Å². The molecule has 0 fully saturated rings. The van der Waals surface area contributed by atoms with Crippen LogP contribution in [0.5, 0.6) is 0 Å². The molecule has 2 nitrogen and oxygen atoms in total. The van der Waals surface area contributed by atoms with Gasteiger partial charge < -0.3 is 10.3 Å². The van der Waals surface area contributed by atoms with E-state index < -0.39 is 0 Å². The van der Waals surface area contributed by atoms with Crippen LogP contribution in [0.2, 0.25) is 0 Å². The molecule has 0 aliphatic carbocycles. The molecule has 0 heterocycles. The monoisotopic (exact) mass is 340 g/mol. The van der Waals surface area contributed by atoms with Crippen molar-refractivity contribution in [2.75, 3.05) is 6.54 Å². The zero-order chi connectivity index (χ0) is 5.86. The minimum absolute atomic E-state index is 0. The Bertz CT molecular complexity index is 49.7. The molecule has 0 bridgehead atoms. The number of hydrogen-bond donors (Lipinski definition) is 1. The molecule has 0 amide bonds. The molecule has 2 unspecified atom stereocenters. The van der Waals surface area contributed by atoms with Crippen molar-refractivity contribution in [3.05, 3.63) is 12.1 Å². The molecule has 0 spiro atoms. The predicted molar refractivity (Wildman–Crippen MR) is 29.7 cm³/mol. The van der Waals surface area contributed by atoms with E-state index in [9.17, 15) is 5.21 Å². The van der Waals surface area contributed by atoms with Crippen molar-refractivity contribution in [2.24, 2.45) is 0 Å². The second kappa shape index (κ2) is 6.10. The van der Waals surface area contributed by atoms with Gasteiger partial charge in [-0.25, -0.2) is 0 Å². The Morgan fingerprint density at radius 1 is 1.75 bits per heavy atom. The van der Waals surface area contributed by atoms with Crippen LogP contribution in [-0.4, -0.2) is 12.6 Å². The first kappa shape index (κ1) is 11.7. The third-order valence-corrected chi connectivity index (χ3v) is 0.898.